The first-order valence-corrected chi connectivity index (χ1v) is 8.96. The number of rotatable bonds is 4. The summed E-state index contributed by atoms with van der Waals surface area (Å²) in [5, 5.41) is 0. The van der Waals surface area contributed by atoms with Crippen molar-refractivity contribution in [3.8, 4) is 0 Å². The molecule has 2 heterocycles. The molecule has 1 fully saturated rings. The van der Waals surface area contributed by atoms with Gasteiger partial charge >= 0.3 is 5.97 Å². The molecule has 5 nitrogen and oxygen atoms in total. The Kier molecular flexibility index (Phi) is 5.51. The molecule has 1 aromatic rings. The lowest BCUT2D eigenvalue weighted by molar-refractivity contribution is -0.150. The number of aryl methyl sites for hydroxylation is 1. The lowest BCUT2D eigenvalue weighted by atomic mass is 9.98. The van der Waals surface area contributed by atoms with Gasteiger partial charge in [0.05, 0.1) is 19.1 Å². The van der Waals surface area contributed by atoms with Crippen LogP contribution in [0.3, 0.4) is 0 Å². The van der Waals surface area contributed by atoms with Crippen molar-refractivity contribution in [1.29, 1.82) is 0 Å². The first-order valence-electron chi connectivity index (χ1n) is 8.96. The van der Waals surface area contributed by atoms with Gasteiger partial charge in [-0.25, -0.2) is 0 Å². The van der Waals surface area contributed by atoms with E-state index >= 15 is 0 Å². The molecule has 0 radical (unpaired) electrons. The largest absolute Gasteiger partial charge is 0.466 e. The van der Waals surface area contributed by atoms with Crippen LogP contribution in [0.25, 0.3) is 0 Å². The molecule has 0 aromatic heterocycles. The minimum Gasteiger partial charge on any atom is -0.466 e. The van der Waals surface area contributed by atoms with E-state index < -0.39 is 0 Å². The van der Waals surface area contributed by atoms with Crippen molar-refractivity contribution in [2.45, 2.75) is 32.6 Å². The second kappa shape index (κ2) is 7.79. The van der Waals surface area contributed by atoms with Crippen LogP contribution >= 0.6 is 0 Å². The molecule has 1 unspecified atom stereocenters. The summed E-state index contributed by atoms with van der Waals surface area (Å²) in [6.45, 7) is 4.90. The number of amides is 1. The monoisotopic (exact) mass is 330 g/mol. The minimum atomic E-state index is -0.127. The topological polar surface area (TPSA) is 49.9 Å². The van der Waals surface area contributed by atoms with Crippen molar-refractivity contribution in [1.82, 2.24) is 4.90 Å². The summed E-state index contributed by atoms with van der Waals surface area (Å²) in [4.78, 5) is 28.8. The zero-order valence-electron chi connectivity index (χ0n) is 14.4. The molecular weight excluding hydrogens is 304 g/mol. The average molecular weight is 330 g/mol. The molecule has 1 atom stereocenters. The number of carbonyl (C=O) groups excluding carboxylic acids is 2. The zero-order valence-corrected chi connectivity index (χ0v) is 14.4. The lowest BCUT2D eigenvalue weighted by Gasteiger charge is -2.34. The van der Waals surface area contributed by atoms with E-state index in [4.69, 9.17) is 4.74 Å². The third-order valence-electron chi connectivity index (χ3n) is 4.90. The third-order valence-corrected chi connectivity index (χ3v) is 4.90. The number of nitrogens with zero attached hydrogens (tertiary/aromatic N) is 2. The Morgan fingerprint density at radius 2 is 2.04 bits per heavy atom. The molecule has 1 amide bonds. The van der Waals surface area contributed by atoms with Crippen LogP contribution in [0, 0.1) is 5.92 Å². The van der Waals surface area contributed by atoms with Gasteiger partial charge in [0.15, 0.2) is 0 Å². The summed E-state index contributed by atoms with van der Waals surface area (Å²) in [6.07, 6.45) is 3.84. The van der Waals surface area contributed by atoms with Crippen LogP contribution in [0.2, 0.25) is 0 Å². The quantitative estimate of drug-likeness (QED) is 0.795. The molecule has 5 heteroatoms. The molecule has 3 rings (SSSR count). The van der Waals surface area contributed by atoms with Crippen LogP contribution in [0.15, 0.2) is 24.3 Å². The van der Waals surface area contributed by atoms with Crippen molar-refractivity contribution in [3.63, 3.8) is 0 Å². The Balaban J connectivity index is 1.62. The molecule has 24 heavy (non-hydrogen) atoms. The SMILES string of the molecule is CCOC(=O)C1CCCN(CC(=O)N2CCCc3ccccc32)C1. The number of fused-ring (bicyclic) bond motifs is 1. The highest BCUT2D eigenvalue weighted by atomic mass is 16.5. The predicted molar refractivity (Wildman–Crippen MR) is 92.9 cm³/mol. The van der Waals surface area contributed by atoms with Crippen LogP contribution in [0.1, 0.15) is 31.7 Å². The molecule has 2 aliphatic rings. The fourth-order valence-electron chi connectivity index (χ4n) is 3.72. The second-order valence-electron chi connectivity index (χ2n) is 6.60. The highest BCUT2D eigenvalue weighted by molar-refractivity contribution is 5.96. The van der Waals surface area contributed by atoms with Crippen LogP contribution in [-0.4, -0.2) is 49.6 Å². The number of hydrogen-bond donors (Lipinski definition) is 0. The maximum atomic E-state index is 12.8. The molecule has 130 valence electrons. The van der Waals surface area contributed by atoms with Crippen molar-refractivity contribution in [2.24, 2.45) is 5.92 Å². The number of piperidine rings is 1. The fourth-order valence-corrected chi connectivity index (χ4v) is 3.72. The van der Waals surface area contributed by atoms with Gasteiger partial charge in [-0.15, -0.1) is 0 Å². The van der Waals surface area contributed by atoms with Crippen molar-refractivity contribution < 1.29 is 14.3 Å². The number of ether oxygens (including phenoxy) is 1. The third kappa shape index (κ3) is 3.78. The first-order chi connectivity index (χ1) is 11.7. The van der Waals surface area contributed by atoms with E-state index in [1.54, 1.807) is 0 Å². The average Bonchev–Trinajstić information content (AvgIpc) is 2.61. The standard InChI is InChI=1S/C19H26N2O3/c1-2-24-19(23)16-9-5-11-20(13-16)14-18(22)21-12-6-8-15-7-3-4-10-17(15)21/h3-4,7,10,16H,2,5-6,8-9,11-14H2,1H3. The smallest absolute Gasteiger partial charge is 0.310 e. The molecule has 0 N–H and O–H groups in total. The van der Waals surface area contributed by atoms with Crippen LogP contribution in [0.5, 0.6) is 0 Å². The number of esters is 1. The number of para-hydroxylation sites is 1. The van der Waals surface area contributed by atoms with Gasteiger partial charge in [-0.05, 0) is 50.8 Å². The van der Waals surface area contributed by atoms with Crippen molar-refractivity contribution in [2.75, 3.05) is 37.7 Å². The molecule has 0 spiro atoms. The second-order valence-corrected chi connectivity index (χ2v) is 6.60. The summed E-state index contributed by atoms with van der Waals surface area (Å²) >= 11 is 0. The fraction of sp³-hybridized carbons (Fsp3) is 0.579. The predicted octanol–water partition coefficient (Wildman–Crippen LogP) is 2.24. The van der Waals surface area contributed by atoms with Crippen LogP contribution in [0.4, 0.5) is 5.69 Å². The summed E-state index contributed by atoms with van der Waals surface area (Å²) in [7, 11) is 0. The van der Waals surface area contributed by atoms with Gasteiger partial charge in [-0.1, -0.05) is 18.2 Å². The molecule has 2 aliphatic heterocycles. The van der Waals surface area contributed by atoms with Gasteiger partial charge < -0.3 is 9.64 Å². The Hall–Kier alpha value is -1.88. The van der Waals surface area contributed by atoms with Crippen molar-refractivity contribution >= 4 is 17.6 Å². The van der Waals surface area contributed by atoms with Crippen molar-refractivity contribution in [3.05, 3.63) is 29.8 Å². The number of hydrogen-bond acceptors (Lipinski definition) is 4. The summed E-state index contributed by atoms with van der Waals surface area (Å²) in [5.74, 6) is -0.0928. The van der Waals surface area contributed by atoms with Gasteiger partial charge in [-0.2, -0.15) is 0 Å². The molecule has 1 aromatic carbocycles. The number of carbonyl (C=O) groups is 2. The van der Waals surface area contributed by atoms with Crippen LogP contribution < -0.4 is 4.90 Å². The highest BCUT2D eigenvalue weighted by Gasteiger charge is 2.30. The van der Waals surface area contributed by atoms with E-state index in [0.717, 1.165) is 44.5 Å². The van der Waals surface area contributed by atoms with Gasteiger partial charge in [0.1, 0.15) is 0 Å². The summed E-state index contributed by atoms with van der Waals surface area (Å²) < 4.78 is 5.14. The number of anilines is 1. The molecule has 0 saturated carbocycles. The van der Waals surface area contributed by atoms with E-state index in [1.165, 1.54) is 5.56 Å². The van der Waals surface area contributed by atoms with E-state index in [0.29, 0.717) is 19.7 Å². The number of likely N-dealkylation sites (tertiary alicyclic amines) is 1. The maximum Gasteiger partial charge on any atom is 0.310 e. The minimum absolute atomic E-state index is 0.0971. The van der Waals surface area contributed by atoms with Gasteiger partial charge in [0.2, 0.25) is 5.91 Å². The molecule has 1 saturated heterocycles. The lowest BCUT2D eigenvalue weighted by Crippen LogP contribution is -2.47. The summed E-state index contributed by atoms with van der Waals surface area (Å²) in [6, 6.07) is 8.15. The Morgan fingerprint density at radius 1 is 1.21 bits per heavy atom. The first kappa shape index (κ1) is 17.0. The Morgan fingerprint density at radius 3 is 2.88 bits per heavy atom. The normalized spacial score (nSPS) is 21.2. The Bertz CT molecular complexity index is 602. The Labute approximate surface area is 143 Å². The van der Waals surface area contributed by atoms with E-state index in [1.807, 2.05) is 30.0 Å². The van der Waals surface area contributed by atoms with Crippen LogP contribution in [-0.2, 0) is 20.7 Å². The highest BCUT2D eigenvalue weighted by Crippen LogP contribution is 2.27. The van der Waals surface area contributed by atoms with Gasteiger partial charge in [0.25, 0.3) is 0 Å². The molecular formula is C19H26N2O3. The molecule has 0 aliphatic carbocycles. The maximum absolute atomic E-state index is 12.8. The van der Waals surface area contributed by atoms with Gasteiger partial charge in [0, 0.05) is 18.8 Å². The number of benzene rings is 1. The van der Waals surface area contributed by atoms with Gasteiger partial charge in [-0.3, -0.25) is 14.5 Å². The van der Waals surface area contributed by atoms with E-state index in [2.05, 4.69) is 11.0 Å². The summed E-state index contributed by atoms with van der Waals surface area (Å²) in [5.41, 5.74) is 2.30. The molecule has 0 bridgehead atoms. The van der Waals surface area contributed by atoms with E-state index in [-0.39, 0.29) is 17.8 Å². The van der Waals surface area contributed by atoms with E-state index in [9.17, 15) is 9.59 Å². The zero-order chi connectivity index (χ0) is 16.9.